The van der Waals surface area contributed by atoms with Crippen molar-refractivity contribution in [1.82, 2.24) is 4.98 Å². The molecule has 132 valence electrons. The number of aromatic nitrogens is 1. The highest BCUT2D eigenvalue weighted by Crippen LogP contribution is 2.32. The van der Waals surface area contributed by atoms with E-state index in [0.717, 1.165) is 0 Å². The molecule has 0 saturated carbocycles. The lowest BCUT2D eigenvalue weighted by molar-refractivity contribution is 0.102. The van der Waals surface area contributed by atoms with Crippen LogP contribution in [0.1, 0.15) is 17.3 Å². The standard InChI is InChI=1S/C20H17FN2O3/c1-2-25-18-12-11-14(13-22-18)20(24)23-19-16(21)9-6-10-17(19)26-15-7-4-3-5-8-15/h3-13H,2H2,1H3,(H,23,24). The first-order valence-corrected chi connectivity index (χ1v) is 8.09. The number of nitrogens with zero attached hydrogens (tertiary/aromatic N) is 1. The molecule has 3 aromatic rings. The van der Waals surface area contributed by atoms with Crippen molar-refractivity contribution in [2.75, 3.05) is 11.9 Å². The van der Waals surface area contributed by atoms with Crippen molar-refractivity contribution >= 4 is 11.6 Å². The van der Waals surface area contributed by atoms with Crippen molar-refractivity contribution < 1.29 is 18.7 Å². The molecule has 0 bridgehead atoms. The lowest BCUT2D eigenvalue weighted by Gasteiger charge is -2.13. The molecule has 1 aromatic heterocycles. The number of carbonyl (C=O) groups excluding carboxylic acids is 1. The van der Waals surface area contributed by atoms with Gasteiger partial charge < -0.3 is 14.8 Å². The Bertz CT molecular complexity index is 883. The van der Waals surface area contributed by atoms with Crippen LogP contribution in [-0.2, 0) is 0 Å². The molecule has 0 radical (unpaired) electrons. The summed E-state index contributed by atoms with van der Waals surface area (Å²) in [6.45, 7) is 2.32. The van der Waals surface area contributed by atoms with Gasteiger partial charge in [-0.2, -0.15) is 0 Å². The van der Waals surface area contributed by atoms with E-state index in [1.165, 1.54) is 18.3 Å². The van der Waals surface area contributed by atoms with Crippen molar-refractivity contribution in [3.8, 4) is 17.4 Å². The Morgan fingerprint density at radius 3 is 2.58 bits per heavy atom. The topological polar surface area (TPSA) is 60.5 Å². The number of anilines is 1. The van der Waals surface area contributed by atoms with Gasteiger partial charge in [0.25, 0.3) is 5.91 Å². The minimum Gasteiger partial charge on any atom is -0.478 e. The summed E-state index contributed by atoms with van der Waals surface area (Å²) in [5.41, 5.74) is 0.248. The number of hydrogen-bond acceptors (Lipinski definition) is 4. The quantitative estimate of drug-likeness (QED) is 0.701. The average molecular weight is 352 g/mol. The molecule has 26 heavy (non-hydrogen) atoms. The van der Waals surface area contributed by atoms with Gasteiger partial charge in [-0.15, -0.1) is 0 Å². The predicted octanol–water partition coefficient (Wildman–Crippen LogP) is 4.66. The SMILES string of the molecule is CCOc1ccc(C(=O)Nc2c(F)cccc2Oc2ccccc2)cn1. The van der Waals surface area contributed by atoms with E-state index in [9.17, 15) is 9.18 Å². The van der Waals surface area contributed by atoms with Crippen LogP contribution in [0.25, 0.3) is 0 Å². The van der Waals surface area contributed by atoms with Gasteiger partial charge in [0.2, 0.25) is 5.88 Å². The second-order valence-electron chi connectivity index (χ2n) is 5.30. The van der Waals surface area contributed by atoms with Gasteiger partial charge in [0.1, 0.15) is 11.4 Å². The molecule has 0 aliphatic rings. The fraction of sp³-hybridized carbons (Fsp3) is 0.100. The van der Waals surface area contributed by atoms with Crippen molar-refractivity contribution in [2.45, 2.75) is 6.92 Å². The van der Waals surface area contributed by atoms with Gasteiger partial charge in [-0.25, -0.2) is 9.37 Å². The van der Waals surface area contributed by atoms with E-state index in [4.69, 9.17) is 9.47 Å². The number of pyridine rings is 1. The average Bonchev–Trinajstić information content (AvgIpc) is 2.66. The summed E-state index contributed by atoms with van der Waals surface area (Å²) in [6.07, 6.45) is 1.37. The fourth-order valence-electron chi connectivity index (χ4n) is 2.26. The number of amides is 1. The molecule has 6 heteroatoms. The number of rotatable bonds is 6. The maximum Gasteiger partial charge on any atom is 0.257 e. The van der Waals surface area contributed by atoms with E-state index < -0.39 is 11.7 Å². The molecule has 0 saturated heterocycles. The smallest absolute Gasteiger partial charge is 0.257 e. The van der Waals surface area contributed by atoms with Gasteiger partial charge in [-0.3, -0.25) is 4.79 Å². The van der Waals surface area contributed by atoms with Crippen LogP contribution in [0.2, 0.25) is 0 Å². The number of benzene rings is 2. The summed E-state index contributed by atoms with van der Waals surface area (Å²) in [4.78, 5) is 16.5. The fourth-order valence-corrected chi connectivity index (χ4v) is 2.26. The van der Waals surface area contributed by atoms with Crippen LogP contribution in [0, 0.1) is 5.82 Å². The third kappa shape index (κ3) is 4.16. The number of halogens is 1. The third-order valence-electron chi connectivity index (χ3n) is 3.48. The molecule has 0 aliphatic heterocycles. The van der Waals surface area contributed by atoms with Crippen LogP contribution in [0.3, 0.4) is 0 Å². The van der Waals surface area contributed by atoms with Crippen molar-refractivity contribution in [2.24, 2.45) is 0 Å². The third-order valence-corrected chi connectivity index (χ3v) is 3.48. The van der Waals surface area contributed by atoms with Crippen LogP contribution in [0.5, 0.6) is 17.4 Å². The number of nitrogens with one attached hydrogen (secondary N) is 1. The number of hydrogen-bond donors (Lipinski definition) is 1. The van der Waals surface area contributed by atoms with Gasteiger partial charge in [-0.05, 0) is 37.3 Å². The first-order chi connectivity index (χ1) is 12.7. The van der Waals surface area contributed by atoms with E-state index >= 15 is 0 Å². The molecule has 0 fully saturated rings. The summed E-state index contributed by atoms with van der Waals surface area (Å²) in [5, 5.41) is 2.55. The Labute approximate surface area is 150 Å². The molecule has 0 atom stereocenters. The highest BCUT2D eigenvalue weighted by atomic mass is 19.1. The summed E-state index contributed by atoms with van der Waals surface area (Å²) in [5.74, 6) is 0.0806. The van der Waals surface area contributed by atoms with Gasteiger partial charge in [0, 0.05) is 12.3 Å². The minimum absolute atomic E-state index is 0.0322. The molecule has 0 aliphatic carbocycles. The molecule has 0 spiro atoms. The first kappa shape index (κ1) is 17.4. The van der Waals surface area contributed by atoms with E-state index in [0.29, 0.717) is 18.2 Å². The predicted molar refractivity (Wildman–Crippen MR) is 96.3 cm³/mol. The Morgan fingerprint density at radius 1 is 1.08 bits per heavy atom. The Morgan fingerprint density at radius 2 is 1.88 bits per heavy atom. The largest absolute Gasteiger partial charge is 0.478 e. The zero-order chi connectivity index (χ0) is 18.4. The minimum atomic E-state index is -0.592. The van der Waals surface area contributed by atoms with Crippen LogP contribution in [0.4, 0.5) is 10.1 Å². The zero-order valence-corrected chi connectivity index (χ0v) is 14.1. The number of ether oxygens (including phenoxy) is 2. The molecule has 0 unspecified atom stereocenters. The van der Waals surface area contributed by atoms with Gasteiger partial charge in [0.15, 0.2) is 11.6 Å². The molecule has 3 rings (SSSR count). The Hall–Kier alpha value is -3.41. The monoisotopic (exact) mass is 352 g/mol. The van der Waals surface area contributed by atoms with Crippen LogP contribution >= 0.6 is 0 Å². The number of carbonyl (C=O) groups is 1. The lowest BCUT2D eigenvalue weighted by atomic mass is 10.2. The van der Waals surface area contributed by atoms with E-state index in [1.54, 1.807) is 42.5 Å². The maximum atomic E-state index is 14.3. The first-order valence-electron chi connectivity index (χ1n) is 8.09. The lowest BCUT2D eigenvalue weighted by Crippen LogP contribution is -2.14. The Balaban J connectivity index is 1.81. The van der Waals surface area contributed by atoms with Gasteiger partial charge in [0.05, 0.1) is 12.2 Å². The van der Waals surface area contributed by atoms with E-state index in [1.807, 2.05) is 13.0 Å². The van der Waals surface area contributed by atoms with Crippen molar-refractivity contribution in [3.05, 3.63) is 78.2 Å². The summed E-state index contributed by atoms with van der Waals surface area (Å²) in [6, 6.07) is 16.4. The summed E-state index contributed by atoms with van der Waals surface area (Å²) >= 11 is 0. The summed E-state index contributed by atoms with van der Waals surface area (Å²) in [7, 11) is 0. The highest BCUT2D eigenvalue weighted by molar-refractivity contribution is 6.05. The van der Waals surface area contributed by atoms with Crippen LogP contribution in [0.15, 0.2) is 66.9 Å². The Kier molecular flexibility index (Phi) is 5.43. The number of para-hydroxylation sites is 2. The molecule has 1 amide bonds. The second kappa shape index (κ2) is 8.11. The molecule has 2 aromatic carbocycles. The van der Waals surface area contributed by atoms with E-state index in [2.05, 4.69) is 10.3 Å². The van der Waals surface area contributed by atoms with E-state index in [-0.39, 0.29) is 17.0 Å². The highest BCUT2D eigenvalue weighted by Gasteiger charge is 2.15. The van der Waals surface area contributed by atoms with Crippen LogP contribution in [-0.4, -0.2) is 17.5 Å². The normalized spacial score (nSPS) is 10.2. The van der Waals surface area contributed by atoms with Crippen molar-refractivity contribution in [1.29, 1.82) is 0 Å². The molecule has 1 N–H and O–H groups in total. The summed E-state index contributed by atoms with van der Waals surface area (Å²) < 4.78 is 25.2. The van der Waals surface area contributed by atoms with Gasteiger partial charge >= 0.3 is 0 Å². The molecular formula is C20H17FN2O3. The second-order valence-corrected chi connectivity index (χ2v) is 5.30. The van der Waals surface area contributed by atoms with Crippen LogP contribution < -0.4 is 14.8 Å². The molecule has 1 heterocycles. The van der Waals surface area contributed by atoms with Gasteiger partial charge in [-0.1, -0.05) is 24.3 Å². The molecular weight excluding hydrogens is 335 g/mol. The zero-order valence-electron chi connectivity index (χ0n) is 14.1. The van der Waals surface area contributed by atoms with Crippen molar-refractivity contribution in [3.63, 3.8) is 0 Å². The maximum absolute atomic E-state index is 14.3. The molecule has 5 nitrogen and oxygen atoms in total.